The van der Waals surface area contributed by atoms with E-state index in [4.69, 9.17) is 27.8 Å². The Hall–Kier alpha value is -4.17. The average molecular weight is 627 g/mol. The molecule has 5 atom stereocenters. The number of aliphatic hydroxyl groups excluding tert-OH is 1. The number of hydrogen-bond donors (Lipinski definition) is 2. The Bertz CT molecular complexity index is 1700. The number of aromatic amines is 1. The third kappa shape index (κ3) is 6.65. The SMILES string of the molecule is C=CCOP(=O)(OC(C(=O)c1ccccc1)c1cc(OC)cc(OC)c1)O[C@H]1C[C@H](n2cnc3c(=O)[nH]cnc32)O[C@@H]1CO. The summed E-state index contributed by atoms with van der Waals surface area (Å²) in [6.07, 6.45) is -0.303. The molecule has 0 saturated carbocycles. The third-order valence-electron chi connectivity index (χ3n) is 6.86. The first kappa shape index (κ1) is 31.3. The molecule has 232 valence electrons. The number of carbonyl (C=O) groups is 1. The van der Waals surface area contributed by atoms with E-state index < -0.39 is 50.3 Å². The van der Waals surface area contributed by atoms with Gasteiger partial charge in [-0.25, -0.2) is 14.5 Å². The molecule has 0 radical (unpaired) electrons. The summed E-state index contributed by atoms with van der Waals surface area (Å²) >= 11 is 0. The zero-order chi connectivity index (χ0) is 31.3. The average Bonchev–Trinajstić information content (AvgIpc) is 3.67. The van der Waals surface area contributed by atoms with Crippen molar-refractivity contribution in [1.82, 2.24) is 19.5 Å². The fourth-order valence-electron chi connectivity index (χ4n) is 4.74. The van der Waals surface area contributed by atoms with Crippen LogP contribution in [0.25, 0.3) is 11.2 Å². The lowest BCUT2D eigenvalue weighted by Crippen LogP contribution is -2.28. The first-order valence-corrected chi connectivity index (χ1v) is 15.0. The summed E-state index contributed by atoms with van der Waals surface area (Å²) in [6.45, 7) is 2.85. The van der Waals surface area contributed by atoms with Crippen molar-refractivity contribution in [2.24, 2.45) is 0 Å². The van der Waals surface area contributed by atoms with E-state index in [0.717, 1.165) is 0 Å². The van der Waals surface area contributed by atoms with E-state index in [-0.39, 0.29) is 35.3 Å². The van der Waals surface area contributed by atoms with Gasteiger partial charge in [0.2, 0.25) is 0 Å². The van der Waals surface area contributed by atoms with Crippen molar-refractivity contribution in [1.29, 1.82) is 0 Å². The second-order valence-electron chi connectivity index (χ2n) is 9.64. The molecule has 2 unspecified atom stereocenters. The van der Waals surface area contributed by atoms with E-state index in [9.17, 15) is 19.3 Å². The summed E-state index contributed by atoms with van der Waals surface area (Å²) in [5.74, 6) is 0.195. The molecule has 15 heteroatoms. The molecule has 1 fully saturated rings. The molecule has 0 spiro atoms. The van der Waals surface area contributed by atoms with Gasteiger partial charge < -0.3 is 24.3 Å². The number of hydrogen-bond acceptors (Lipinski definition) is 12. The van der Waals surface area contributed by atoms with Gasteiger partial charge in [-0.2, -0.15) is 0 Å². The Labute approximate surface area is 251 Å². The van der Waals surface area contributed by atoms with Gasteiger partial charge in [-0.05, 0) is 17.7 Å². The van der Waals surface area contributed by atoms with Crippen molar-refractivity contribution in [3.63, 3.8) is 0 Å². The Kier molecular flexibility index (Phi) is 9.69. The summed E-state index contributed by atoms with van der Waals surface area (Å²) in [7, 11) is -1.69. The molecule has 2 aromatic heterocycles. The number of methoxy groups -OCH3 is 2. The van der Waals surface area contributed by atoms with Crippen LogP contribution in [0.4, 0.5) is 0 Å². The van der Waals surface area contributed by atoms with Crippen molar-refractivity contribution in [2.75, 3.05) is 27.4 Å². The van der Waals surface area contributed by atoms with Gasteiger partial charge >= 0.3 is 7.82 Å². The van der Waals surface area contributed by atoms with Crippen LogP contribution in [0.15, 0.2) is 78.6 Å². The third-order valence-corrected chi connectivity index (χ3v) is 8.32. The number of aromatic nitrogens is 4. The van der Waals surface area contributed by atoms with Gasteiger partial charge in [-0.1, -0.05) is 36.4 Å². The smallest absolute Gasteiger partial charge is 0.476 e. The number of ether oxygens (including phenoxy) is 3. The number of H-pyrrole nitrogens is 1. The minimum atomic E-state index is -4.60. The van der Waals surface area contributed by atoms with Crippen molar-refractivity contribution in [3.05, 3.63) is 95.3 Å². The lowest BCUT2D eigenvalue weighted by atomic mass is 9.99. The normalized spacial score (nSPS) is 20.2. The lowest BCUT2D eigenvalue weighted by Gasteiger charge is -2.27. The maximum Gasteiger partial charge on any atom is 0.476 e. The number of Topliss-reactive ketones (excluding diaryl/α,β-unsaturated/α-hetero) is 1. The van der Waals surface area contributed by atoms with Crippen molar-refractivity contribution in [2.45, 2.75) is 31.0 Å². The van der Waals surface area contributed by atoms with Crippen LogP contribution in [-0.2, 0) is 22.9 Å². The van der Waals surface area contributed by atoms with Gasteiger partial charge in [-0.15, -0.1) is 6.58 Å². The number of rotatable bonds is 14. The van der Waals surface area contributed by atoms with Gasteiger partial charge in [0.25, 0.3) is 5.56 Å². The molecule has 5 rings (SSSR count). The Morgan fingerprint density at radius 2 is 1.93 bits per heavy atom. The van der Waals surface area contributed by atoms with Crippen molar-refractivity contribution < 1.29 is 42.2 Å². The van der Waals surface area contributed by atoms with Gasteiger partial charge in [0.15, 0.2) is 23.1 Å². The van der Waals surface area contributed by atoms with Gasteiger partial charge in [0.05, 0.1) is 40.1 Å². The van der Waals surface area contributed by atoms with Crippen LogP contribution in [-0.4, -0.2) is 70.1 Å². The lowest BCUT2D eigenvalue weighted by molar-refractivity contribution is -0.0461. The van der Waals surface area contributed by atoms with E-state index in [1.165, 1.54) is 37.5 Å². The summed E-state index contributed by atoms with van der Waals surface area (Å²) in [5, 5.41) is 10.1. The molecular weight excluding hydrogens is 595 g/mol. The highest BCUT2D eigenvalue weighted by Gasteiger charge is 2.45. The van der Waals surface area contributed by atoms with E-state index in [2.05, 4.69) is 21.5 Å². The Morgan fingerprint density at radius 1 is 1.20 bits per heavy atom. The molecule has 44 heavy (non-hydrogen) atoms. The fraction of sp³-hybridized carbons (Fsp3) is 0.310. The van der Waals surface area contributed by atoms with E-state index >= 15 is 0 Å². The number of benzene rings is 2. The number of ketones is 1. The van der Waals surface area contributed by atoms with Gasteiger partial charge in [0.1, 0.15) is 29.9 Å². The quantitative estimate of drug-likeness (QED) is 0.118. The number of nitrogens with one attached hydrogen (secondary N) is 1. The molecule has 1 aliphatic rings. The monoisotopic (exact) mass is 626 g/mol. The number of nitrogens with zero attached hydrogens (tertiary/aromatic N) is 3. The molecule has 0 bridgehead atoms. The summed E-state index contributed by atoms with van der Waals surface area (Å²) in [5.41, 5.74) is 0.458. The van der Waals surface area contributed by atoms with Crippen molar-refractivity contribution in [3.8, 4) is 11.5 Å². The van der Waals surface area contributed by atoms with Crippen LogP contribution < -0.4 is 15.0 Å². The molecular formula is C29H31N4O10P. The zero-order valence-corrected chi connectivity index (χ0v) is 24.8. The summed E-state index contributed by atoms with van der Waals surface area (Å²) in [4.78, 5) is 36.7. The van der Waals surface area contributed by atoms with Gasteiger partial charge in [-0.3, -0.25) is 27.7 Å². The molecule has 14 nitrogen and oxygen atoms in total. The zero-order valence-electron chi connectivity index (χ0n) is 23.9. The second kappa shape index (κ2) is 13.6. The predicted octanol–water partition coefficient (Wildman–Crippen LogP) is 3.75. The highest BCUT2D eigenvalue weighted by Crippen LogP contribution is 2.57. The van der Waals surface area contributed by atoms with Crippen LogP contribution in [0.5, 0.6) is 11.5 Å². The highest BCUT2D eigenvalue weighted by atomic mass is 31.2. The number of carbonyl (C=O) groups excluding carboxylic acids is 1. The number of imidazole rings is 1. The molecule has 1 saturated heterocycles. The molecule has 1 aliphatic heterocycles. The maximum absolute atomic E-state index is 14.3. The fourth-order valence-corrected chi connectivity index (χ4v) is 6.23. The largest absolute Gasteiger partial charge is 0.497 e. The number of fused-ring (bicyclic) bond motifs is 1. The number of aliphatic hydroxyl groups is 1. The van der Waals surface area contributed by atoms with Crippen LogP contribution >= 0.6 is 7.82 Å². The van der Waals surface area contributed by atoms with Crippen LogP contribution in [0.2, 0.25) is 0 Å². The number of phosphoric ester groups is 1. The highest BCUT2D eigenvalue weighted by molar-refractivity contribution is 7.48. The van der Waals surface area contributed by atoms with Crippen LogP contribution in [0, 0.1) is 0 Å². The minimum Gasteiger partial charge on any atom is -0.497 e. The Balaban J connectivity index is 1.49. The Morgan fingerprint density at radius 3 is 2.59 bits per heavy atom. The van der Waals surface area contributed by atoms with Crippen LogP contribution in [0.3, 0.4) is 0 Å². The molecule has 2 aromatic carbocycles. The summed E-state index contributed by atoms with van der Waals surface area (Å²) < 4.78 is 50.1. The minimum absolute atomic E-state index is 0.0419. The maximum atomic E-state index is 14.3. The molecule has 3 heterocycles. The van der Waals surface area contributed by atoms with Crippen LogP contribution in [0.1, 0.15) is 34.7 Å². The van der Waals surface area contributed by atoms with E-state index in [1.54, 1.807) is 48.5 Å². The molecule has 0 aliphatic carbocycles. The number of phosphoric acid groups is 1. The van der Waals surface area contributed by atoms with E-state index in [0.29, 0.717) is 11.5 Å². The topological polar surface area (TPSA) is 173 Å². The molecule has 2 N–H and O–H groups in total. The van der Waals surface area contributed by atoms with E-state index in [1.807, 2.05) is 0 Å². The first-order valence-electron chi connectivity index (χ1n) is 13.5. The molecule has 4 aromatic rings. The first-order chi connectivity index (χ1) is 21.3. The molecule has 0 amide bonds. The second-order valence-corrected chi connectivity index (χ2v) is 11.2. The standard InChI is InChI=1S/C29H31N4O10P/c1-4-10-40-44(37,42-22-14-24(41-23(22)15-34)33-17-32-25-28(33)30-16-31-29(25)36)43-27(26(35)18-8-6-5-7-9-18)19-11-20(38-2)13-21(12-19)39-3/h4-9,11-13,16-17,22-24,27,34H,1,10,14-15H2,2-3H3,(H,30,31,36)/t22-,23+,24+,27?,44?/m0/s1. The van der Waals surface area contributed by atoms with Gasteiger partial charge in [0, 0.05) is 18.1 Å². The predicted molar refractivity (Wildman–Crippen MR) is 157 cm³/mol. The van der Waals surface area contributed by atoms with Crippen molar-refractivity contribution >= 4 is 24.8 Å². The summed E-state index contributed by atoms with van der Waals surface area (Å²) in [6, 6.07) is 13.0.